The minimum atomic E-state index is -0.104. The normalized spacial score (nSPS) is 15.0. The number of rotatable bonds is 4. The number of carbonyl (C=O) groups excluding carboxylic acids is 1. The predicted molar refractivity (Wildman–Crippen MR) is 102 cm³/mol. The van der Waals surface area contributed by atoms with E-state index in [-0.39, 0.29) is 17.5 Å². The zero-order valence-corrected chi connectivity index (χ0v) is 14.9. The van der Waals surface area contributed by atoms with Crippen LogP contribution < -0.4 is 10.9 Å². The summed E-state index contributed by atoms with van der Waals surface area (Å²) in [6.07, 6.45) is 2.38. The van der Waals surface area contributed by atoms with E-state index < -0.39 is 0 Å². The number of aromatic nitrogens is 2. The highest BCUT2D eigenvalue weighted by Crippen LogP contribution is 2.32. The number of fused-ring (bicyclic) bond motifs is 1. The van der Waals surface area contributed by atoms with Crippen molar-refractivity contribution in [2.45, 2.75) is 32.7 Å². The molecule has 1 atom stereocenters. The molecule has 0 radical (unpaired) electrons. The lowest BCUT2D eigenvalue weighted by Gasteiger charge is -2.14. The van der Waals surface area contributed by atoms with Crippen LogP contribution in [0.25, 0.3) is 16.6 Å². The Hall–Kier alpha value is -2.95. The summed E-state index contributed by atoms with van der Waals surface area (Å²) in [5.74, 6) is 1.16. The number of hydrogen-bond acceptors (Lipinski definition) is 3. The highest BCUT2D eigenvalue weighted by atomic mass is 16.1. The van der Waals surface area contributed by atoms with Crippen LogP contribution in [-0.4, -0.2) is 21.5 Å². The first-order chi connectivity index (χ1) is 12.5. The van der Waals surface area contributed by atoms with Crippen LogP contribution in [0.5, 0.6) is 0 Å². The first-order valence-electron chi connectivity index (χ1n) is 8.94. The molecule has 1 amide bonds. The number of amides is 1. The van der Waals surface area contributed by atoms with Crippen molar-refractivity contribution < 1.29 is 4.79 Å². The molecule has 1 aromatic heterocycles. The fourth-order valence-electron chi connectivity index (χ4n) is 3.31. The van der Waals surface area contributed by atoms with Crippen LogP contribution in [0.15, 0.2) is 53.3 Å². The minimum Gasteiger partial charge on any atom is -0.349 e. The van der Waals surface area contributed by atoms with Crippen molar-refractivity contribution in [1.82, 2.24) is 14.9 Å². The van der Waals surface area contributed by atoms with Crippen molar-refractivity contribution in [2.24, 2.45) is 5.92 Å². The lowest BCUT2D eigenvalue weighted by atomic mass is 10.1. The molecule has 1 saturated carbocycles. The van der Waals surface area contributed by atoms with Gasteiger partial charge in [-0.3, -0.25) is 14.2 Å². The molecule has 0 unspecified atom stereocenters. The molecule has 3 aromatic rings. The second kappa shape index (κ2) is 6.41. The second-order valence-corrected chi connectivity index (χ2v) is 6.96. The van der Waals surface area contributed by atoms with E-state index in [1.165, 1.54) is 12.8 Å². The van der Waals surface area contributed by atoms with Gasteiger partial charge in [-0.1, -0.05) is 12.1 Å². The molecule has 0 bridgehead atoms. The van der Waals surface area contributed by atoms with E-state index in [0.29, 0.717) is 33.9 Å². The number of carbonyl (C=O) groups is 1. The fraction of sp³-hybridized carbons (Fsp3) is 0.286. The zero-order chi connectivity index (χ0) is 18.3. The van der Waals surface area contributed by atoms with Gasteiger partial charge in [0.15, 0.2) is 0 Å². The maximum Gasteiger partial charge on any atom is 0.265 e. The molecule has 132 valence electrons. The highest BCUT2D eigenvalue weighted by Gasteiger charge is 2.29. The van der Waals surface area contributed by atoms with E-state index in [1.54, 1.807) is 34.9 Å². The van der Waals surface area contributed by atoms with Gasteiger partial charge in [-0.2, -0.15) is 0 Å². The molecule has 2 aromatic carbocycles. The number of nitrogens with one attached hydrogen (secondary N) is 1. The number of aryl methyl sites for hydroxylation is 1. The van der Waals surface area contributed by atoms with Gasteiger partial charge < -0.3 is 5.32 Å². The summed E-state index contributed by atoms with van der Waals surface area (Å²) in [6.45, 7) is 3.86. The smallest absolute Gasteiger partial charge is 0.265 e. The summed E-state index contributed by atoms with van der Waals surface area (Å²) in [6, 6.07) is 14.6. The average Bonchev–Trinajstić information content (AvgIpc) is 3.47. The lowest BCUT2D eigenvalue weighted by molar-refractivity contribution is 0.0936. The number of para-hydroxylation sites is 1. The van der Waals surface area contributed by atoms with E-state index in [0.717, 1.165) is 0 Å². The number of hydrogen-bond donors (Lipinski definition) is 1. The largest absolute Gasteiger partial charge is 0.349 e. The van der Waals surface area contributed by atoms with Crippen LogP contribution >= 0.6 is 0 Å². The third-order valence-electron chi connectivity index (χ3n) is 5.02. The topological polar surface area (TPSA) is 64.0 Å². The summed E-state index contributed by atoms with van der Waals surface area (Å²) in [5, 5.41) is 3.63. The molecule has 0 saturated heterocycles. The van der Waals surface area contributed by atoms with E-state index in [1.807, 2.05) is 32.0 Å². The SMILES string of the molecule is Cc1nc2ccccc2c(=O)n1-c1ccc(C(=O)N[C@@H](C)C2CC2)cc1. The van der Waals surface area contributed by atoms with E-state index >= 15 is 0 Å². The van der Waals surface area contributed by atoms with Crippen molar-refractivity contribution in [2.75, 3.05) is 0 Å². The van der Waals surface area contributed by atoms with Gasteiger partial charge in [0.2, 0.25) is 0 Å². The van der Waals surface area contributed by atoms with Crippen LogP contribution in [0.1, 0.15) is 35.9 Å². The van der Waals surface area contributed by atoms with Gasteiger partial charge in [0.25, 0.3) is 11.5 Å². The van der Waals surface area contributed by atoms with Crippen molar-refractivity contribution >= 4 is 16.8 Å². The Labute approximate surface area is 151 Å². The second-order valence-electron chi connectivity index (χ2n) is 6.96. The fourth-order valence-corrected chi connectivity index (χ4v) is 3.31. The molecular weight excluding hydrogens is 326 g/mol. The van der Waals surface area contributed by atoms with Gasteiger partial charge in [-0.25, -0.2) is 4.98 Å². The van der Waals surface area contributed by atoms with Gasteiger partial charge in [-0.15, -0.1) is 0 Å². The van der Waals surface area contributed by atoms with Gasteiger partial charge in [-0.05, 0) is 69.0 Å². The average molecular weight is 347 g/mol. The van der Waals surface area contributed by atoms with Crippen molar-refractivity contribution in [3.63, 3.8) is 0 Å². The minimum absolute atomic E-state index is 0.0725. The monoisotopic (exact) mass is 347 g/mol. The Morgan fingerprint density at radius 1 is 1.15 bits per heavy atom. The summed E-state index contributed by atoms with van der Waals surface area (Å²) < 4.78 is 1.58. The highest BCUT2D eigenvalue weighted by molar-refractivity contribution is 5.94. The Balaban J connectivity index is 1.66. The van der Waals surface area contributed by atoms with E-state index in [9.17, 15) is 9.59 Å². The molecular formula is C21H21N3O2. The summed E-state index contributed by atoms with van der Waals surface area (Å²) in [7, 11) is 0. The molecule has 1 N–H and O–H groups in total. The standard InChI is InChI=1S/C21H21N3O2/c1-13(15-7-8-15)22-20(25)16-9-11-17(12-10-16)24-14(2)23-19-6-4-3-5-18(19)21(24)26/h3-6,9-13,15H,7-8H2,1-2H3,(H,22,25)/t13-/m0/s1. The van der Waals surface area contributed by atoms with Crippen molar-refractivity contribution in [1.29, 1.82) is 0 Å². The lowest BCUT2D eigenvalue weighted by Crippen LogP contribution is -2.34. The Morgan fingerprint density at radius 2 is 1.85 bits per heavy atom. The Bertz CT molecular complexity index is 1030. The quantitative estimate of drug-likeness (QED) is 0.788. The molecule has 0 spiro atoms. The summed E-state index contributed by atoms with van der Waals surface area (Å²) >= 11 is 0. The molecule has 5 nitrogen and oxygen atoms in total. The molecule has 4 rings (SSSR count). The van der Waals surface area contributed by atoms with Crippen LogP contribution in [0, 0.1) is 12.8 Å². The van der Waals surface area contributed by atoms with Crippen LogP contribution in [0.4, 0.5) is 0 Å². The molecule has 26 heavy (non-hydrogen) atoms. The molecule has 5 heteroatoms. The van der Waals surface area contributed by atoms with E-state index in [2.05, 4.69) is 10.3 Å². The van der Waals surface area contributed by atoms with Gasteiger partial charge >= 0.3 is 0 Å². The van der Waals surface area contributed by atoms with Gasteiger partial charge in [0.05, 0.1) is 16.6 Å². The van der Waals surface area contributed by atoms with Crippen LogP contribution in [-0.2, 0) is 0 Å². The van der Waals surface area contributed by atoms with Gasteiger partial charge in [0.1, 0.15) is 5.82 Å². The molecule has 0 aliphatic heterocycles. The first-order valence-corrected chi connectivity index (χ1v) is 8.94. The summed E-state index contributed by atoms with van der Waals surface area (Å²) in [4.78, 5) is 29.7. The van der Waals surface area contributed by atoms with Crippen LogP contribution in [0.3, 0.4) is 0 Å². The van der Waals surface area contributed by atoms with Gasteiger partial charge in [0, 0.05) is 11.6 Å². The van der Waals surface area contributed by atoms with Crippen molar-refractivity contribution in [3.8, 4) is 5.69 Å². The Morgan fingerprint density at radius 3 is 2.54 bits per heavy atom. The molecule has 1 fully saturated rings. The Kier molecular flexibility index (Phi) is 4.07. The molecule has 1 heterocycles. The predicted octanol–water partition coefficient (Wildman–Crippen LogP) is 3.22. The summed E-state index contributed by atoms with van der Waals surface area (Å²) in [5.41, 5.74) is 1.89. The molecule has 1 aliphatic rings. The van der Waals surface area contributed by atoms with Crippen LogP contribution in [0.2, 0.25) is 0 Å². The number of benzene rings is 2. The third kappa shape index (κ3) is 3.01. The third-order valence-corrected chi connectivity index (χ3v) is 5.02. The zero-order valence-electron chi connectivity index (χ0n) is 14.9. The molecule has 1 aliphatic carbocycles. The number of nitrogens with zero attached hydrogens (tertiary/aromatic N) is 2. The van der Waals surface area contributed by atoms with E-state index in [4.69, 9.17) is 0 Å². The first kappa shape index (κ1) is 16.5. The maximum absolute atomic E-state index is 12.8. The van der Waals surface area contributed by atoms with Crippen molar-refractivity contribution in [3.05, 3.63) is 70.3 Å². The maximum atomic E-state index is 12.8.